The summed E-state index contributed by atoms with van der Waals surface area (Å²) in [5.41, 5.74) is 5.24. The molecule has 0 saturated heterocycles. The van der Waals surface area contributed by atoms with Gasteiger partial charge in [-0.1, -0.05) is 0 Å². The van der Waals surface area contributed by atoms with Crippen molar-refractivity contribution < 1.29 is 4.79 Å². The van der Waals surface area contributed by atoms with Crippen LogP contribution in [0, 0.1) is 0 Å². The van der Waals surface area contributed by atoms with E-state index in [2.05, 4.69) is 20.8 Å². The Hall–Kier alpha value is -1.69. The van der Waals surface area contributed by atoms with Gasteiger partial charge in [0, 0.05) is 19.1 Å². The van der Waals surface area contributed by atoms with Crippen molar-refractivity contribution >= 4 is 11.7 Å². The summed E-state index contributed by atoms with van der Waals surface area (Å²) >= 11 is 0. The van der Waals surface area contributed by atoms with Gasteiger partial charge < -0.3 is 16.4 Å². The molecule has 1 amide bonds. The molecular weight excluding hydrogens is 206 g/mol. The molecule has 1 fully saturated rings. The van der Waals surface area contributed by atoms with Gasteiger partial charge in [-0.2, -0.15) is 0 Å². The zero-order valence-corrected chi connectivity index (χ0v) is 8.94. The molecule has 1 aliphatic rings. The molecule has 0 unspecified atom stereocenters. The van der Waals surface area contributed by atoms with E-state index in [-0.39, 0.29) is 5.69 Å². The van der Waals surface area contributed by atoms with Crippen LogP contribution in [0.3, 0.4) is 0 Å². The normalized spacial score (nSPS) is 14.8. The summed E-state index contributed by atoms with van der Waals surface area (Å²) in [6.07, 6.45) is 2.57. The molecule has 0 radical (unpaired) electrons. The van der Waals surface area contributed by atoms with Crippen molar-refractivity contribution in [3.8, 4) is 0 Å². The highest BCUT2D eigenvalue weighted by Crippen LogP contribution is 2.17. The van der Waals surface area contributed by atoms with Crippen LogP contribution >= 0.6 is 0 Å². The van der Waals surface area contributed by atoms with E-state index in [1.54, 1.807) is 12.1 Å². The van der Waals surface area contributed by atoms with Crippen molar-refractivity contribution in [1.29, 1.82) is 0 Å². The predicted octanol–water partition coefficient (Wildman–Crippen LogP) is -0.261. The molecule has 6 heteroatoms. The number of aromatic nitrogens is 2. The molecule has 0 spiro atoms. The summed E-state index contributed by atoms with van der Waals surface area (Å²) in [6.45, 7) is 1.70. The maximum atomic E-state index is 10.7. The van der Waals surface area contributed by atoms with Gasteiger partial charge in [0.25, 0.3) is 5.91 Å². The summed E-state index contributed by atoms with van der Waals surface area (Å²) in [4.78, 5) is 10.7. The molecule has 0 atom stereocenters. The first kappa shape index (κ1) is 10.8. The number of nitrogens with zero attached hydrogens (tertiary/aromatic N) is 2. The van der Waals surface area contributed by atoms with Crippen molar-refractivity contribution in [2.24, 2.45) is 5.73 Å². The van der Waals surface area contributed by atoms with Crippen LogP contribution in [-0.2, 0) is 0 Å². The summed E-state index contributed by atoms with van der Waals surface area (Å²) in [7, 11) is 0. The Balaban J connectivity index is 1.73. The Morgan fingerprint density at radius 2 is 2.19 bits per heavy atom. The molecule has 86 valence electrons. The number of hydrogen-bond donors (Lipinski definition) is 3. The highest BCUT2D eigenvalue weighted by atomic mass is 16.1. The standard InChI is InChI=1S/C10H15N5O/c11-10(16)8-3-4-9(15-14-8)13-6-5-12-7-1-2-7/h3-4,7,12H,1-2,5-6H2,(H2,11,16)(H,13,15). The van der Waals surface area contributed by atoms with Crippen molar-refractivity contribution in [2.45, 2.75) is 18.9 Å². The number of amides is 1. The lowest BCUT2D eigenvalue weighted by Gasteiger charge is -2.05. The Morgan fingerprint density at radius 1 is 1.38 bits per heavy atom. The van der Waals surface area contributed by atoms with Gasteiger partial charge in [0.15, 0.2) is 5.69 Å². The predicted molar refractivity (Wildman–Crippen MR) is 60.1 cm³/mol. The Kier molecular flexibility index (Phi) is 3.31. The van der Waals surface area contributed by atoms with Gasteiger partial charge >= 0.3 is 0 Å². The molecule has 6 nitrogen and oxygen atoms in total. The third-order valence-corrected chi connectivity index (χ3v) is 2.36. The maximum absolute atomic E-state index is 10.7. The fourth-order valence-corrected chi connectivity index (χ4v) is 1.31. The quantitative estimate of drug-likeness (QED) is 0.575. The Bertz CT molecular complexity index is 360. The van der Waals surface area contributed by atoms with Crippen LogP contribution in [-0.4, -0.2) is 35.2 Å². The summed E-state index contributed by atoms with van der Waals surface area (Å²) in [5.74, 6) is 0.0945. The Labute approximate surface area is 93.6 Å². The molecule has 0 bridgehead atoms. The van der Waals surface area contributed by atoms with Crippen LogP contribution in [0.2, 0.25) is 0 Å². The first-order chi connectivity index (χ1) is 7.75. The second-order valence-electron chi connectivity index (χ2n) is 3.82. The Morgan fingerprint density at radius 3 is 2.75 bits per heavy atom. The fraction of sp³-hybridized carbons (Fsp3) is 0.500. The summed E-state index contributed by atoms with van der Waals surface area (Å²) in [6, 6.07) is 3.97. The number of carbonyl (C=O) groups excluding carboxylic acids is 1. The van der Waals surface area contributed by atoms with E-state index in [4.69, 9.17) is 5.73 Å². The molecule has 0 aromatic carbocycles. The van der Waals surface area contributed by atoms with Crippen molar-refractivity contribution in [3.63, 3.8) is 0 Å². The molecule has 1 aromatic heterocycles. The average molecular weight is 221 g/mol. The third kappa shape index (κ3) is 3.16. The number of carbonyl (C=O) groups is 1. The minimum Gasteiger partial charge on any atom is -0.367 e. The number of rotatable bonds is 6. The monoisotopic (exact) mass is 221 g/mol. The first-order valence-corrected chi connectivity index (χ1v) is 5.36. The van der Waals surface area contributed by atoms with Crippen molar-refractivity contribution in [3.05, 3.63) is 17.8 Å². The van der Waals surface area contributed by atoms with E-state index in [9.17, 15) is 4.79 Å². The van der Waals surface area contributed by atoms with Crippen molar-refractivity contribution in [2.75, 3.05) is 18.4 Å². The van der Waals surface area contributed by atoms with E-state index in [1.807, 2.05) is 0 Å². The number of nitrogens with one attached hydrogen (secondary N) is 2. The molecule has 4 N–H and O–H groups in total. The molecular formula is C10H15N5O. The largest absolute Gasteiger partial charge is 0.367 e. The van der Waals surface area contributed by atoms with Crippen molar-refractivity contribution in [1.82, 2.24) is 15.5 Å². The minimum atomic E-state index is -0.561. The van der Waals surface area contributed by atoms with Gasteiger partial charge in [-0.3, -0.25) is 4.79 Å². The second kappa shape index (κ2) is 4.89. The van der Waals surface area contributed by atoms with Gasteiger partial charge in [0.2, 0.25) is 0 Å². The summed E-state index contributed by atoms with van der Waals surface area (Å²) in [5, 5.41) is 14.0. The zero-order chi connectivity index (χ0) is 11.4. The lowest BCUT2D eigenvalue weighted by atomic mass is 10.4. The lowest BCUT2D eigenvalue weighted by molar-refractivity contribution is 0.0994. The first-order valence-electron chi connectivity index (χ1n) is 5.36. The van der Waals surface area contributed by atoms with Crippen LogP contribution in [0.4, 0.5) is 5.82 Å². The van der Waals surface area contributed by atoms with Gasteiger partial charge in [-0.05, 0) is 25.0 Å². The van der Waals surface area contributed by atoms with Gasteiger partial charge in [-0.15, -0.1) is 10.2 Å². The van der Waals surface area contributed by atoms with Crippen LogP contribution < -0.4 is 16.4 Å². The lowest BCUT2D eigenvalue weighted by Crippen LogP contribution is -2.24. The van der Waals surface area contributed by atoms with E-state index >= 15 is 0 Å². The topological polar surface area (TPSA) is 92.9 Å². The molecule has 1 aromatic rings. The van der Waals surface area contributed by atoms with Gasteiger partial charge in [0.05, 0.1) is 0 Å². The SMILES string of the molecule is NC(=O)c1ccc(NCCNC2CC2)nn1. The third-order valence-electron chi connectivity index (χ3n) is 2.36. The van der Waals surface area contributed by atoms with E-state index < -0.39 is 5.91 Å². The fourth-order valence-electron chi connectivity index (χ4n) is 1.31. The second-order valence-corrected chi connectivity index (χ2v) is 3.82. The molecule has 1 heterocycles. The highest BCUT2D eigenvalue weighted by molar-refractivity contribution is 5.90. The smallest absolute Gasteiger partial charge is 0.269 e. The van der Waals surface area contributed by atoms with Gasteiger partial charge in [0.1, 0.15) is 5.82 Å². The van der Waals surface area contributed by atoms with Crippen LogP contribution in [0.1, 0.15) is 23.3 Å². The minimum absolute atomic E-state index is 0.182. The average Bonchev–Trinajstić information content (AvgIpc) is 3.09. The number of anilines is 1. The summed E-state index contributed by atoms with van der Waals surface area (Å²) < 4.78 is 0. The molecule has 16 heavy (non-hydrogen) atoms. The van der Waals surface area contributed by atoms with Crippen LogP contribution in [0.15, 0.2) is 12.1 Å². The highest BCUT2D eigenvalue weighted by Gasteiger charge is 2.19. The van der Waals surface area contributed by atoms with E-state index in [1.165, 1.54) is 12.8 Å². The molecule has 0 aliphatic heterocycles. The van der Waals surface area contributed by atoms with Crippen LogP contribution in [0.25, 0.3) is 0 Å². The number of primary amides is 1. The molecule has 1 saturated carbocycles. The maximum Gasteiger partial charge on any atom is 0.269 e. The van der Waals surface area contributed by atoms with E-state index in [0.29, 0.717) is 11.9 Å². The van der Waals surface area contributed by atoms with Crippen LogP contribution in [0.5, 0.6) is 0 Å². The molecule has 1 aliphatic carbocycles. The zero-order valence-electron chi connectivity index (χ0n) is 8.94. The number of hydrogen-bond acceptors (Lipinski definition) is 5. The van der Waals surface area contributed by atoms with Gasteiger partial charge in [-0.25, -0.2) is 0 Å². The molecule has 2 rings (SSSR count). The van der Waals surface area contributed by atoms with E-state index in [0.717, 1.165) is 13.1 Å². The number of nitrogens with two attached hydrogens (primary N) is 1.